The average Bonchev–Trinajstić information content (AvgIpc) is 2.15. The van der Waals surface area contributed by atoms with E-state index in [-0.39, 0.29) is 12.9 Å². The van der Waals surface area contributed by atoms with E-state index in [1.807, 2.05) is 0 Å². The maximum atomic E-state index is 3.58. The molecule has 0 aliphatic rings. The van der Waals surface area contributed by atoms with Crippen LogP contribution in [0.2, 0.25) is 0 Å². The molecule has 0 fully saturated rings. The van der Waals surface area contributed by atoms with E-state index in [1.165, 1.54) is 16.7 Å². The molecule has 0 saturated carbocycles. The van der Waals surface area contributed by atoms with Crippen LogP contribution in [0.5, 0.6) is 0 Å². The number of hydrogen-bond donors (Lipinski definition) is 0. The van der Waals surface area contributed by atoms with Crippen LogP contribution in [0.4, 0.5) is 0 Å². The summed E-state index contributed by atoms with van der Waals surface area (Å²) in [4.78, 5) is 0. The first-order valence-electron chi connectivity index (χ1n) is 4.94. The molecule has 90 valence electrons. The molecule has 0 atom stereocenters. The maximum Gasteiger partial charge on any atom is 0.0949 e. The van der Waals surface area contributed by atoms with E-state index in [9.17, 15) is 0 Å². The zero-order chi connectivity index (χ0) is 12.5. The molecular weight excluding hydrogens is 464 g/mol. The van der Waals surface area contributed by atoms with Crippen LogP contribution in [-0.4, -0.2) is 0 Å². The second-order valence-corrected chi connectivity index (χ2v) is 10.8. The van der Waals surface area contributed by atoms with Gasteiger partial charge in [0.15, 0.2) is 0 Å². The van der Waals surface area contributed by atoms with Gasteiger partial charge in [-0.2, -0.15) is 0 Å². The van der Waals surface area contributed by atoms with E-state index in [2.05, 4.69) is 103 Å². The van der Waals surface area contributed by atoms with Crippen LogP contribution in [0.1, 0.15) is 44.9 Å². The molecule has 0 radical (unpaired) electrons. The highest BCUT2D eigenvalue weighted by Crippen LogP contribution is 2.41. The van der Waals surface area contributed by atoms with Crippen LogP contribution >= 0.6 is 63.7 Å². The number of halogens is 4. The van der Waals surface area contributed by atoms with Crippen molar-refractivity contribution >= 4 is 63.7 Å². The largest absolute Gasteiger partial charge is 0.0949 e. The Balaban J connectivity index is 3.29. The summed E-state index contributed by atoms with van der Waals surface area (Å²) < 4.78 is 0.358. The van der Waals surface area contributed by atoms with Crippen molar-refractivity contribution in [3.63, 3.8) is 0 Å². The first-order chi connectivity index (χ1) is 7.23. The molecule has 1 aromatic rings. The monoisotopic (exact) mass is 474 g/mol. The lowest BCUT2D eigenvalue weighted by atomic mass is 9.85. The summed E-state index contributed by atoms with van der Waals surface area (Å²) in [6.07, 6.45) is 0. The van der Waals surface area contributed by atoms with E-state index in [4.69, 9.17) is 0 Å². The standard InChI is InChI=1S/C12H14Br4/c1-12(2,3)7-4-5-8(10(13)14)9(6-7)11(15)16/h4-6,10-11H,1-3H3. The molecule has 16 heavy (non-hydrogen) atoms. The summed E-state index contributed by atoms with van der Waals surface area (Å²) in [6.45, 7) is 6.68. The predicted molar refractivity (Wildman–Crippen MR) is 86.3 cm³/mol. The third kappa shape index (κ3) is 3.82. The van der Waals surface area contributed by atoms with Crippen molar-refractivity contribution in [1.29, 1.82) is 0 Å². The summed E-state index contributed by atoms with van der Waals surface area (Å²) in [7, 11) is 0. The first kappa shape index (κ1) is 15.2. The minimum absolute atomic E-state index is 0.176. The molecule has 0 spiro atoms. The molecule has 0 unspecified atom stereocenters. The smallest absolute Gasteiger partial charge is 0.0712 e. The highest BCUT2D eigenvalue weighted by Gasteiger charge is 2.19. The van der Waals surface area contributed by atoms with Crippen molar-refractivity contribution in [1.82, 2.24) is 0 Å². The van der Waals surface area contributed by atoms with Crippen LogP contribution in [0, 0.1) is 0 Å². The molecule has 0 saturated heterocycles. The number of alkyl halides is 4. The molecule has 0 N–H and O–H groups in total. The molecule has 0 nitrogen and oxygen atoms in total. The summed E-state index contributed by atoms with van der Waals surface area (Å²) in [6, 6.07) is 6.61. The quantitative estimate of drug-likeness (QED) is 0.423. The van der Waals surface area contributed by atoms with Crippen LogP contribution in [-0.2, 0) is 5.41 Å². The molecule has 1 rings (SSSR count). The minimum Gasteiger partial charge on any atom is -0.0712 e. The third-order valence-electron chi connectivity index (χ3n) is 2.42. The van der Waals surface area contributed by atoms with Gasteiger partial charge in [0.05, 0.1) is 7.47 Å². The number of rotatable bonds is 2. The summed E-state index contributed by atoms with van der Waals surface area (Å²) >= 11 is 14.3. The predicted octanol–water partition coefficient (Wildman–Crippen LogP) is 6.56. The van der Waals surface area contributed by atoms with Crippen molar-refractivity contribution in [3.8, 4) is 0 Å². The van der Waals surface area contributed by atoms with Gasteiger partial charge in [-0.15, -0.1) is 0 Å². The van der Waals surface area contributed by atoms with E-state index in [0.29, 0.717) is 0 Å². The molecule has 0 amide bonds. The van der Waals surface area contributed by atoms with Crippen molar-refractivity contribution in [3.05, 3.63) is 34.9 Å². The molecule has 0 heterocycles. The van der Waals surface area contributed by atoms with Crippen molar-refractivity contribution in [2.75, 3.05) is 0 Å². The third-order valence-corrected chi connectivity index (χ3v) is 4.40. The Kier molecular flexibility index (Phi) is 5.56. The lowest BCUT2D eigenvalue weighted by Crippen LogP contribution is -2.12. The van der Waals surface area contributed by atoms with E-state index >= 15 is 0 Å². The molecule has 1 aromatic carbocycles. The SMILES string of the molecule is CC(C)(C)c1ccc(C(Br)Br)c(C(Br)Br)c1. The summed E-state index contributed by atoms with van der Waals surface area (Å²) in [5, 5.41) is 0. The molecule has 0 aliphatic heterocycles. The van der Waals surface area contributed by atoms with Crippen LogP contribution in [0.15, 0.2) is 18.2 Å². The Morgan fingerprint density at radius 2 is 1.38 bits per heavy atom. The van der Waals surface area contributed by atoms with Crippen LogP contribution in [0.25, 0.3) is 0 Å². The van der Waals surface area contributed by atoms with E-state index < -0.39 is 0 Å². The van der Waals surface area contributed by atoms with E-state index in [0.717, 1.165) is 0 Å². The molecule has 0 bridgehead atoms. The van der Waals surface area contributed by atoms with Crippen LogP contribution < -0.4 is 0 Å². The fourth-order valence-electron chi connectivity index (χ4n) is 1.43. The summed E-state index contributed by atoms with van der Waals surface area (Å²) in [5.41, 5.74) is 4.02. The number of benzene rings is 1. The average molecular weight is 478 g/mol. The van der Waals surface area contributed by atoms with Crippen molar-refractivity contribution in [2.24, 2.45) is 0 Å². The molecule has 0 aliphatic carbocycles. The van der Waals surface area contributed by atoms with Gasteiger partial charge in [-0.05, 0) is 22.1 Å². The van der Waals surface area contributed by atoms with Gasteiger partial charge in [-0.25, -0.2) is 0 Å². The summed E-state index contributed by atoms with van der Waals surface area (Å²) in [5.74, 6) is 0. The Morgan fingerprint density at radius 1 is 0.875 bits per heavy atom. The zero-order valence-corrected chi connectivity index (χ0v) is 15.7. The fraction of sp³-hybridized carbons (Fsp3) is 0.500. The highest BCUT2D eigenvalue weighted by molar-refractivity contribution is 9.24. The Bertz CT molecular complexity index is 364. The highest BCUT2D eigenvalue weighted by atomic mass is 79.9. The van der Waals surface area contributed by atoms with Gasteiger partial charge in [0, 0.05) is 0 Å². The normalized spacial score (nSPS) is 12.6. The molecule has 4 heteroatoms. The Labute approximate surface area is 131 Å². The molecule has 0 aromatic heterocycles. The first-order valence-corrected chi connectivity index (χ1v) is 8.60. The Hall–Kier alpha value is 1.14. The fourth-order valence-corrected chi connectivity index (χ4v) is 3.06. The van der Waals surface area contributed by atoms with E-state index in [1.54, 1.807) is 0 Å². The van der Waals surface area contributed by atoms with Crippen LogP contribution in [0.3, 0.4) is 0 Å². The zero-order valence-electron chi connectivity index (χ0n) is 9.40. The van der Waals surface area contributed by atoms with Gasteiger partial charge in [0.1, 0.15) is 0 Å². The number of hydrogen-bond acceptors (Lipinski definition) is 0. The minimum atomic E-state index is 0.176. The topological polar surface area (TPSA) is 0 Å². The lowest BCUT2D eigenvalue weighted by molar-refractivity contribution is 0.589. The van der Waals surface area contributed by atoms with Gasteiger partial charge in [0.2, 0.25) is 0 Å². The van der Waals surface area contributed by atoms with Gasteiger partial charge in [0.25, 0.3) is 0 Å². The van der Waals surface area contributed by atoms with Gasteiger partial charge in [-0.1, -0.05) is 103 Å². The van der Waals surface area contributed by atoms with Gasteiger partial charge in [-0.3, -0.25) is 0 Å². The second-order valence-electron chi connectivity index (χ2n) is 4.70. The van der Waals surface area contributed by atoms with Gasteiger partial charge < -0.3 is 0 Å². The van der Waals surface area contributed by atoms with Gasteiger partial charge >= 0.3 is 0 Å². The second kappa shape index (κ2) is 5.85. The van der Waals surface area contributed by atoms with Crippen molar-refractivity contribution in [2.45, 2.75) is 33.7 Å². The Morgan fingerprint density at radius 3 is 1.75 bits per heavy atom. The molecular formula is C12H14Br4. The van der Waals surface area contributed by atoms with Crippen molar-refractivity contribution < 1.29 is 0 Å². The maximum absolute atomic E-state index is 3.58. The lowest BCUT2D eigenvalue weighted by Gasteiger charge is -2.22.